The Kier molecular flexibility index (Phi) is 6.93. The molecule has 1 aliphatic rings. The van der Waals surface area contributed by atoms with Crippen LogP contribution in [-0.2, 0) is 0 Å². The van der Waals surface area contributed by atoms with Gasteiger partial charge in [0.2, 0.25) is 0 Å². The number of ether oxygens (including phenoxy) is 1. The molecule has 0 saturated heterocycles. The molecule has 9 aromatic carbocycles. The van der Waals surface area contributed by atoms with Crippen LogP contribution in [0.1, 0.15) is 0 Å². The summed E-state index contributed by atoms with van der Waals surface area (Å²) in [6, 6.07) is 74.4. The van der Waals surface area contributed by atoms with Crippen LogP contribution in [-0.4, -0.2) is 9.13 Å². The van der Waals surface area contributed by atoms with Crippen LogP contribution in [0, 0.1) is 0 Å². The number of para-hydroxylation sites is 4. The molecule has 0 spiro atoms. The van der Waals surface area contributed by atoms with E-state index in [0.29, 0.717) is 0 Å². The van der Waals surface area contributed by atoms with Gasteiger partial charge in [-0.15, -0.1) is 0 Å². The maximum atomic E-state index is 6.76. The van der Waals surface area contributed by atoms with E-state index in [1.807, 2.05) is 6.07 Å². The Labute approximate surface area is 329 Å². The van der Waals surface area contributed by atoms with E-state index in [4.69, 9.17) is 4.74 Å². The van der Waals surface area contributed by atoms with E-state index in [-0.39, 0.29) is 0 Å². The minimum atomic E-state index is 0.863. The van der Waals surface area contributed by atoms with Gasteiger partial charge in [0.05, 0.1) is 27.8 Å². The molecular weight excluding hydrogens is 693 g/mol. The van der Waals surface area contributed by atoms with Crippen molar-refractivity contribution in [1.82, 2.24) is 9.13 Å². The number of hydrogen-bond donors (Lipinski definition) is 0. The number of aromatic nitrogens is 2. The van der Waals surface area contributed by atoms with Gasteiger partial charge in [-0.05, 0) is 105 Å². The summed E-state index contributed by atoms with van der Waals surface area (Å²) in [5.74, 6) is 1.73. The molecular formula is C54H34N2O. The summed E-state index contributed by atoms with van der Waals surface area (Å²) >= 11 is 0. The summed E-state index contributed by atoms with van der Waals surface area (Å²) in [6.07, 6.45) is 0. The molecule has 1 aliphatic heterocycles. The Morgan fingerprint density at radius 3 is 1.49 bits per heavy atom. The van der Waals surface area contributed by atoms with Gasteiger partial charge >= 0.3 is 0 Å². The van der Waals surface area contributed by atoms with Crippen molar-refractivity contribution in [3.63, 3.8) is 0 Å². The van der Waals surface area contributed by atoms with Crippen molar-refractivity contribution >= 4 is 43.6 Å². The quantitative estimate of drug-likeness (QED) is 0.173. The second kappa shape index (κ2) is 12.5. The second-order valence-corrected chi connectivity index (χ2v) is 14.9. The van der Waals surface area contributed by atoms with Gasteiger partial charge in [-0.25, -0.2) is 0 Å². The highest BCUT2D eigenvalue weighted by Crippen LogP contribution is 2.50. The van der Waals surface area contributed by atoms with E-state index in [2.05, 4.69) is 209 Å². The van der Waals surface area contributed by atoms with Gasteiger partial charge in [0.25, 0.3) is 0 Å². The molecule has 0 saturated carbocycles. The average molecular weight is 727 g/mol. The third-order valence-electron chi connectivity index (χ3n) is 11.6. The fraction of sp³-hybridized carbons (Fsp3) is 0. The molecule has 3 heterocycles. The van der Waals surface area contributed by atoms with Crippen molar-refractivity contribution in [2.45, 2.75) is 0 Å². The summed E-state index contributed by atoms with van der Waals surface area (Å²) < 4.78 is 11.6. The predicted molar refractivity (Wildman–Crippen MR) is 237 cm³/mol. The fourth-order valence-electron chi connectivity index (χ4n) is 9.12. The molecule has 0 aliphatic carbocycles. The molecule has 12 rings (SSSR count). The average Bonchev–Trinajstić information content (AvgIpc) is 3.81. The van der Waals surface area contributed by atoms with E-state index in [9.17, 15) is 0 Å². The molecule has 0 N–H and O–H groups in total. The summed E-state index contributed by atoms with van der Waals surface area (Å²) in [6.45, 7) is 0. The van der Waals surface area contributed by atoms with Gasteiger partial charge in [-0.1, -0.05) is 140 Å². The summed E-state index contributed by atoms with van der Waals surface area (Å²) in [4.78, 5) is 0. The van der Waals surface area contributed by atoms with Crippen LogP contribution in [0.5, 0.6) is 11.5 Å². The van der Waals surface area contributed by atoms with Crippen LogP contribution in [0.15, 0.2) is 206 Å². The minimum absolute atomic E-state index is 0.863. The molecule has 3 heteroatoms. The molecule has 266 valence electrons. The minimum Gasteiger partial charge on any atom is -0.453 e. The molecule has 3 nitrogen and oxygen atoms in total. The molecule has 0 radical (unpaired) electrons. The molecule has 2 aromatic heterocycles. The second-order valence-electron chi connectivity index (χ2n) is 14.9. The van der Waals surface area contributed by atoms with E-state index in [1.165, 1.54) is 66.0 Å². The van der Waals surface area contributed by atoms with Crippen LogP contribution in [0.2, 0.25) is 0 Å². The monoisotopic (exact) mass is 726 g/mol. The van der Waals surface area contributed by atoms with Crippen LogP contribution in [0.25, 0.3) is 99.5 Å². The first kappa shape index (κ1) is 31.7. The fourth-order valence-corrected chi connectivity index (χ4v) is 9.12. The van der Waals surface area contributed by atoms with Crippen molar-refractivity contribution in [3.8, 4) is 67.4 Å². The number of hydrogen-bond acceptors (Lipinski definition) is 1. The summed E-state index contributed by atoms with van der Waals surface area (Å²) in [5.41, 5.74) is 16.3. The topological polar surface area (TPSA) is 19.1 Å². The maximum absolute atomic E-state index is 6.76. The highest BCUT2D eigenvalue weighted by atomic mass is 16.5. The summed E-state index contributed by atoms with van der Waals surface area (Å²) in [7, 11) is 0. The van der Waals surface area contributed by atoms with Crippen LogP contribution < -0.4 is 4.74 Å². The first-order valence-electron chi connectivity index (χ1n) is 19.5. The zero-order valence-corrected chi connectivity index (χ0v) is 30.9. The predicted octanol–water partition coefficient (Wildman–Crippen LogP) is 14.7. The molecule has 0 amide bonds. The molecule has 0 fully saturated rings. The molecule has 0 bridgehead atoms. The SMILES string of the molecule is c1ccc(-c2cc(-c3ccccc3)cc(-c3cccc(-c4cccc(-n5c6ccccc6c6c7c8ccccc8n8c7c(cc65)Oc5ccccc5-8)c4)c3)c2)cc1. The molecule has 0 unspecified atom stereocenters. The lowest BCUT2D eigenvalue weighted by Crippen LogP contribution is -2.04. The Balaban J connectivity index is 1.04. The Morgan fingerprint density at radius 1 is 0.298 bits per heavy atom. The lowest BCUT2D eigenvalue weighted by atomic mass is 9.92. The maximum Gasteiger partial charge on any atom is 0.154 e. The Bertz CT molecular complexity index is 3310. The lowest BCUT2D eigenvalue weighted by molar-refractivity contribution is 0.477. The zero-order chi connectivity index (χ0) is 37.5. The van der Waals surface area contributed by atoms with Gasteiger partial charge in [0, 0.05) is 33.3 Å². The normalized spacial score (nSPS) is 12.0. The van der Waals surface area contributed by atoms with E-state index < -0.39 is 0 Å². The molecule has 57 heavy (non-hydrogen) atoms. The third kappa shape index (κ3) is 4.92. The van der Waals surface area contributed by atoms with Crippen LogP contribution in [0.3, 0.4) is 0 Å². The van der Waals surface area contributed by atoms with Gasteiger partial charge in [0.15, 0.2) is 11.5 Å². The number of rotatable bonds is 5. The standard InChI is InChI=1S/C54H34N2O/c1-3-15-35(16-4-1)40-30-41(36-17-5-2-6-18-36)32-42(31-40)38-20-13-19-37(29-38)39-21-14-22-43(33-39)55-46-25-9-7-23-44(46)52-49(55)34-51-54-53(52)45-24-8-10-26-47(45)56(54)48-27-11-12-28-50(48)57-51/h1-34H. The van der Waals surface area contributed by atoms with Crippen molar-refractivity contribution in [2.24, 2.45) is 0 Å². The van der Waals surface area contributed by atoms with Crippen LogP contribution >= 0.6 is 0 Å². The first-order valence-corrected chi connectivity index (χ1v) is 19.5. The molecule has 0 atom stereocenters. The van der Waals surface area contributed by atoms with Crippen molar-refractivity contribution in [2.75, 3.05) is 0 Å². The van der Waals surface area contributed by atoms with Gasteiger partial charge < -0.3 is 13.9 Å². The van der Waals surface area contributed by atoms with Crippen molar-refractivity contribution < 1.29 is 4.74 Å². The van der Waals surface area contributed by atoms with Gasteiger partial charge in [0.1, 0.15) is 0 Å². The number of benzene rings is 9. The lowest BCUT2D eigenvalue weighted by Gasteiger charge is -2.21. The Hall–Kier alpha value is -7.62. The Morgan fingerprint density at radius 2 is 0.789 bits per heavy atom. The summed E-state index contributed by atoms with van der Waals surface area (Å²) in [5, 5.41) is 4.90. The van der Waals surface area contributed by atoms with E-state index >= 15 is 0 Å². The van der Waals surface area contributed by atoms with E-state index in [0.717, 1.165) is 45.0 Å². The van der Waals surface area contributed by atoms with Crippen molar-refractivity contribution in [3.05, 3.63) is 206 Å². The highest BCUT2D eigenvalue weighted by Gasteiger charge is 2.28. The third-order valence-corrected chi connectivity index (χ3v) is 11.6. The van der Waals surface area contributed by atoms with Gasteiger partial charge in [-0.3, -0.25) is 0 Å². The van der Waals surface area contributed by atoms with E-state index in [1.54, 1.807) is 0 Å². The molecule has 11 aromatic rings. The van der Waals surface area contributed by atoms with Crippen molar-refractivity contribution in [1.29, 1.82) is 0 Å². The number of fused-ring (bicyclic) bond motifs is 9. The zero-order valence-electron chi connectivity index (χ0n) is 30.9. The van der Waals surface area contributed by atoms with Gasteiger partial charge in [-0.2, -0.15) is 0 Å². The first-order chi connectivity index (χ1) is 28.3. The smallest absolute Gasteiger partial charge is 0.154 e. The largest absolute Gasteiger partial charge is 0.453 e. The van der Waals surface area contributed by atoms with Crippen LogP contribution in [0.4, 0.5) is 0 Å². The highest BCUT2D eigenvalue weighted by molar-refractivity contribution is 6.30. The number of nitrogens with zero attached hydrogens (tertiary/aromatic N) is 2.